The Morgan fingerprint density at radius 2 is 1.96 bits per heavy atom. The molecule has 2 aromatic carbocycles. The van der Waals surface area contributed by atoms with Crippen molar-refractivity contribution in [2.24, 2.45) is 5.10 Å². The summed E-state index contributed by atoms with van der Waals surface area (Å²) in [4.78, 5) is 12.4. The van der Waals surface area contributed by atoms with Crippen LogP contribution in [0.2, 0.25) is 4.34 Å². The number of rotatable bonds is 6. The molecule has 0 aliphatic carbocycles. The van der Waals surface area contributed by atoms with Gasteiger partial charge in [0, 0.05) is 0 Å². The van der Waals surface area contributed by atoms with Crippen molar-refractivity contribution >= 4 is 35.1 Å². The van der Waals surface area contributed by atoms with Crippen LogP contribution < -0.4 is 10.2 Å². The van der Waals surface area contributed by atoms with Crippen molar-refractivity contribution in [2.45, 2.75) is 6.61 Å². The summed E-state index contributed by atoms with van der Waals surface area (Å²) in [5.74, 6) is 0.453. The first kappa shape index (κ1) is 17.2. The number of hydrogen-bond acceptors (Lipinski definition) is 4. The number of ether oxygens (including phenoxy) is 1. The van der Waals surface area contributed by atoms with E-state index in [0.29, 0.717) is 15.8 Å². The normalized spacial score (nSPS) is 10.8. The molecule has 0 saturated heterocycles. The predicted octanol–water partition coefficient (Wildman–Crippen LogP) is 4.74. The summed E-state index contributed by atoms with van der Waals surface area (Å²) in [5, 5.41) is 3.97. The van der Waals surface area contributed by atoms with Crippen LogP contribution in [0.3, 0.4) is 0 Å². The maximum absolute atomic E-state index is 11.9. The monoisotopic (exact) mass is 370 g/mol. The molecule has 0 aliphatic rings. The number of halogens is 1. The van der Waals surface area contributed by atoms with Crippen molar-refractivity contribution in [3.63, 3.8) is 0 Å². The topological polar surface area (TPSA) is 50.7 Å². The van der Waals surface area contributed by atoms with Crippen molar-refractivity contribution in [3.8, 4) is 5.75 Å². The van der Waals surface area contributed by atoms with E-state index in [2.05, 4.69) is 10.5 Å². The minimum absolute atomic E-state index is 0.287. The lowest BCUT2D eigenvalue weighted by Gasteiger charge is -2.06. The van der Waals surface area contributed by atoms with E-state index in [1.807, 2.05) is 54.6 Å². The van der Waals surface area contributed by atoms with Gasteiger partial charge in [-0.2, -0.15) is 5.10 Å². The van der Waals surface area contributed by atoms with Crippen molar-refractivity contribution in [1.29, 1.82) is 0 Å². The van der Waals surface area contributed by atoms with Gasteiger partial charge in [-0.1, -0.05) is 54.1 Å². The van der Waals surface area contributed by atoms with Gasteiger partial charge in [0.2, 0.25) is 0 Å². The third-order valence-corrected chi connectivity index (χ3v) is 4.51. The van der Waals surface area contributed by atoms with Gasteiger partial charge in [-0.25, -0.2) is 5.43 Å². The van der Waals surface area contributed by atoms with Gasteiger partial charge in [0.25, 0.3) is 5.91 Å². The highest BCUT2D eigenvalue weighted by Gasteiger charge is 2.06. The van der Waals surface area contributed by atoms with Gasteiger partial charge in [0.15, 0.2) is 0 Å². The van der Waals surface area contributed by atoms with E-state index in [-0.39, 0.29) is 5.91 Å². The van der Waals surface area contributed by atoms with Crippen LogP contribution in [0.1, 0.15) is 20.8 Å². The molecule has 25 heavy (non-hydrogen) atoms. The van der Waals surface area contributed by atoms with E-state index < -0.39 is 0 Å². The summed E-state index contributed by atoms with van der Waals surface area (Å²) in [5.41, 5.74) is 4.41. The molecule has 0 saturated carbocycles. The molecule has 126 valence electrons. The predicted molar refractivity (Wildman–Crippen MR) is 102 cm³/mol. The summed E-state index contributed by atoms with van der Waals surface area (Å²) < 4.78 is 6.34. The number of carbonyl (C=O) groups is 1. The zero-order valence-electron chi connectivity index (χ0n) is 13.2. The fraction of sp³-hybridized carbons (Fsp3) is 0.0526. The van der Waals surface area contributed by atoms with E-state index in [4.69, 9.17) is 16.3 Å². The summed E-state index contributed by atoms with van der Waals surface area (Å²) in [6.45, 7) is 0.497. The van der Waals surface area contributed by atoms with Gasteiger partial charge in [0.05, 0.1) is 15.4 Å². The molecule has 0 aliphatic heterocycles. The Hall–Kier alpha value is -2.63. The number of carbonyl (C=O) groups excluding carboxylic acids is 1. The van der Waals surface area contributed by atoms with Gasteiger partial charge in [0.1, 0.15) is 12.4 Å². The minimum Gasteiger partial charge on any atom is -0.489 e. The third-order valence-electron chi connectivity index (χ3n) is 3.28. The van der Waals surface area contributed by atoms with Crippen LogP contribution >= 0.6 is 22.9 Å². The molecule has 3 aromatic rings. The number of benzene rings is 2. The average Bonchev–Trinajstić information content (AvgIpc) is 3.08. The molecule has 1 amide bonds. The fourth-order valence-electron chi connectivity index (χ4n) is 2.08. The van der Waals surface area contributed by atoms with Crippen LogP contribution in [-0.2, 0) is 6.61 Å². The molecule has 6 heteroatoms. The molecular formula is C19H15ClN2O2S. The second-order valence-corrected chi connectivity index (χ2v) is 6.86. The van der Waals surface area contributed by atoms with E-state index in [0.717, 1.165) is 16.9 Å². The number of hydrazone groups is 1. The highest BCUT2D eigenvalue weighted by molar-refractivity contribution is 7.17. The van der Waals surface area contributed by atoms with Gasteiger partial charge >= 0.3 is 0 Å². The first-order chi connectivity index (χ1) is 12.2. The Morgan fingerprint density at radius 3 is 2.72 bits per heavy atom. The Kier molecular flexibility index (Phi) is 5.82. The van der Waals surface area contributed by atoms with Crippen molar-refractivity contribution < 1.29 is 9.53 Å². The van der Waals surface area contributed by atoms with Gasteiger partial charge in [-0.15, -0.1) is 11.3 Å². The lowest BCUT2D eigenvalue weighted by atomic mass is 10.2. The Labute approximate surface area is 154 Å². The van der Waals surface area contributed by atoms with E-state index in [9.17, 15) is 4.79 Å². The van der Waals surface area contributed by atoms with Crippen LogP contribution in [-0.4, -0.2) is 12.1 Å². The van der Waals surface area contributed by atoms with E-state index >= 15 is 0 Å². The molecule has 0 radical (unpaired) electrons. The fourth-order valence-corrected chi connectivity index (χ4v) is 3.02. The molecule has 4 nitrogen and oxygen atoms in total. The Balaban J connectivity index is 1.56. The average molecular weight is 371 g/mol. The maximum Gasteiger partial charge on any atom is 0.281 e. The molecule has 0 fully saturated rings. The highest BCUT2D eigenvalue weighted by atomic mass is 35.5. The molecule has 1 N–H and O–H groups in total. The summed E-state index contributed by atoms with van der Waals surface area (Å²) >= 11 is 7.02. The molecule has 1 heterocycles. The highest BCUT2D eigenvalue weighted by Crippen LogP contribution is 2.21. The number of nitrogens with zero attached hydrogens (tertiary/aromatic N) is 1. The van der Waals surface area contributed by atoms with Crippen molar-refractivity contribution in [1.82, 2.24) is 5.43 Å². The lowest BCUT2D eigenvalue weighted by molar-refractivity contribution is 0.0959. The second-order valence-electron chi connectivity index (χ2n) is 5.15. The lowest BCUT2D eigenvalue weighted by Crippen LogP contribution is -2.16. The Morgan fingerprint density at radius 1 is 1.12 bits per heavy atom. The second kappa shape index (κ2) is 8.46. The summed E-state index contributed by atoms with van der Waals surface area (Å²) in [6.07, 6.45) is 1.57. The smallest absolute Gasteiger partial charge is 0.281 e. The van der Waals surface area contributed by atoms with Crippen LogP contribution in [0.4, 0.5) is 0 Å². The largest absolute Gasteiger partial charge is 0.489 e. The van der Waals surface area contributed by atoms with Crippen LogP contribution in [0.15, 0.2) is 71.8 Å². The molecular weight excluding hydrogens is 356 g/mol. The van der Waals surface area contributed by atoms with E-state index in [1.165, 1.54) is 11.3 Å². The molecule has 0 spiro atoms. The first-order valence-electron chi connectivity index (χ1n) is 7.56. The molecule has 0 atom stereocenters. The minimum atomic E-state index is -0.287. The van der Waals surface area contributed by atoms with Crippen LogP contribution in [0.5, 0.6) is 5.75 Å². The number of hydrogen-bond donors (Lipinski definition) is 1. The summed E-state index contributed by atoms with van der Waals surface area (Å²) in [6, 6.07) is 20.8. The zero-order chi connectivity index (χ0) is 17.5. The quantitative estimate of drug-likeness (QED) is 0.503. The third kappa shape index (κ3) is 5.17. The standard InChI is InChI=1S/C19H15ClN2O2S/c20-18-10-9-17(25-18)19(23)22-21-12-15-7-4-8-16(11-15)24-13-14-5-2-1-3-6-14/h1-12H,13H2,(H,22,23)/b21-12+. The van der Waals surface area contributed by atoms with Crippen molar-refractivity contribution in [3.05, 3.63) is 87.1 Å². The zero-order valence-corrected chi connectivity index (χ0v) is 14.8. The van der Waals surface area contributed by atoms with Gasteiger partial charge in [-0.3, -0.25) is 4.79 Å². The van der Waals surface area contributed by atoms with Gasteiger partial charge < -0.3 is 4.74 Å². The molecule has 0 bridgehead atoms. The first-order valence-corrected chi connectivity index (χ1v) is 8.76. The number of amides is 1. The molecule has 0 unspecified atom stereocenters. The van der Waals surface area contributed by atoms with Crippen LogP contribution in [0.25, 0.3) is 0 Å². The summed E-state index contributed by atoms with van der Waals surface area (Å²) in [7, 11) is 0. The van der Waals surface area contributed by atoms with E-state index in [1.54, 1.807) is 18.3 Å². The number of thiophene rings is 1. The Bertz CT molecular complexity index is 878. The van der Waals surface area contributed by atoms with Gasteiger partial charge in [-0.05, 0) is 35.4 Å². The van der Waals surface area contributed by atoms with Crippen LogP contribution in [0, 0.1) is 0 Å². The molecule has 3 rings (SSSR count). The maximum atomic E-state index is 11.9. The number of nitrogens with one attached hydrogen (secondary N) is 1. The van der Waals surface area contributed by atoms with Crippen molar-refractivity contribution in [2.75, 3.05) is 0 Å². The SMILES string of the molecule is O=C(N/N=C/c1cccc(OCc2ccccc2)c1)c1ccc(Cl)s1. The molecule has 1 aromatic heterocycles.